The van der Waals surface area contributed by atoms with E-state index in [1.807, 2.05) is 6.92 Å². The molecule has 1 aliphatic rings. The second kappa shape index (κ2) is 10.5. The first-order valence-corrected chi connectivity index (χ1v) is 6.98. The molecule has 0 saturated carbocycles. The molecule has 5 heteroatoms. The zero-order chi connectivity index (χ0) is 13.4. The molecule has 0 aromatic rings. The summed E-state index contributed by atoms with van der Waals surface area (Å²) in [5, 5.41) is 3.06. The number of guanidine groups is 1. The number of hydrogen-bond acceptors (Lipinski definition) is 2. The molecule has 0 aromatic heterocycles. The van der Waals surface area contributed by atoms with E-state index in [9.17, 15) is 0 Å². The summed E-state index contributed by atoms with van der Waals surface area (Å²) in [6, 6.07) is 0. The van der Waals surface area contributed by atoms with E-state index in [0.29, 0.717) is 18.4 Å². The number of nitrogens with two attached hydrogens (primary N) is 1. The van der Waals surface area contributed by atoms with Crippen LogP contribution >= 0.6 is 24.0 Å². The van der Waals surface area contributed by atoms with Gasteiger partial charge in [-0.2, -0.15) is 0 Å². The highest BCUT2D eigenvalue weighted by atomic mass is 127. The van der Waals surface area contributed by atoms with Crippen LogP contribution in [0.4, 0.5) is 0 Å². The first kappa shape index (κ1) is 18.7. The van der Waals surface area contributed by atoms with Crippen LogP contribution in [0.15, 0.2) is 17.1 Å². The summed E-state index contributed by atoms with van der Waals surface area (Å²) in [4.78, 5) is 6.92. The van der Waals surface area contributed by atoms with Crippen LogP contribution in [-0.2, 0) is 0 Å². The van der Waals surface area contributed by atoms with Gasteiger partial charge in [0, 0.05) is 19.6 Å². The molecule has 0 aromatic carbocycles. The molecule has 1 saturated heterocycles. The maximum absolute atomic E-state index is 5.79. The van der Waals surface area contributed by atoms with Crippen LogP contribution in [0, 0.1) is 5.92 Å². The maximum Gasteiger partial charge on any atom is 0.188 e. The van der Waals surface area contributed by atoms with Gasteiger partial charge in [0.05, 0.1) is 0 Å². The van der Waals surface area contributed by atoms with E-state index >= 15 is 0 Å². The zero-order valence-corrected chi connectivity index (χ0v) is 14.7. The van der Waals surface area contributed by atoms with Crippen LogP contribution in [0.3, 0.4) is 0 Å². The molecule has 0 bridgehead atoms. The van der Waals surface area contributed by atoms with Gasteiger partial charge < -0.3 is 16.0 Å². The minimum Gasteiger partial charge on any atom is -0.370 e. The van der Waals surface area contributed by atoms with Gasteiger partial charge in [0.25, 0.3) is 0 Å². The predicted molar refractivity (Wildman–Crippen MR) is 94.2 cm³/mol. The van der Waals surface area contributed by atoms with Gasteiger partial charge in [-0.1, -0.05) is 25.5 Å². The molecule has 0 aliphatic carbocycles. The SMILES string of the molecule is C=C(C)CNC(N)=NCC(C)CN1CCCCC1.I. The molecule has 1 atom stereocenters. The Kier molecular flexibility index (Phi) is 10.3. The average molecular weight is 380 g/mol. The summed E-state index contributed by atoms with van der Waals surface area (Å²) in [5.41, 5.74) is 6.85. The van der Waals surface area contributed by atoms with Crippen molar-refractivity contribution in [1.82, 2.24) is 10.2 Å². The molecule has 19 heavy (non-hydrogen) atoms. The van der Waals surface area contributed by atoms with E-state index in [1.54, 1.807) is 0 Å². The summed E-state index contributed by atoms with van der Waals surface area (Å²) in [6.07, 6.45) is 4.08. The predicted octanol–water partition coefficient (Wildman–Crippen LogP) is 2.21. The highest BCUT2D eigenvalue weighted by Gasteiger charge is 2.12. The number of nitrogens with one attached hydrogen (secondary N) is 1. The van der Waals surface area contributed by atoms with E-state index in [2.05, 4.69) is 28.7 Å². The number of rotatable bonds is 6. The number of halogens is 1. The summed E-state index contributed by atoms with van der Waals surface area (Å²) in [6.45, 7) is 13.2. The van der Waals surface area contributed by atoms with Gasteiger partial charge in [-0.05, 0) is 38.8 Å². The lowest BCUT2D eigenvalue weighted by Crippen LogP contribution is -2.36. The first-order valence-electron chi connectivity index (χ1n) is 6.98. The summed E-state index contributed by atoms with van der Waals surface area (Å²) in [7, 11) is 0. The zero-order valence-electron chi connectivity index (χ0n) is 12.3. The Morgan fingerprint density at radius 3 is 2.58 bits per heavy atom. The molecule has 1 fully saturated rings. The van der Waals surface area contributed by atoms with Crippen molar-refractivity contribution in [1.29, 1.82) is 0 Å². The summed E-state index contributed by atoms with van der Waals surface area (Å²) in [5.74, 6) is 1.09. The molecular formula is C14H29IN4. The number of aliphatic imine (C=N–C) groups is 1. The topological polar surface area (TPSA) is 53.6 Å². The molecule has 1 aliphatic heterocycles. The van der Waals surface area contributed by atoms with Crippen LogP contribution in [-0.4, -0.2) is 43.6 Å². The maximum atomic E-state index is 5.79. The fourth-order valence-electron chi connectivity index (χ4n) is 2.19. The number of piperidine rings is 1. The van der Waals surface area contributed by atoms with E-state index in [0.717, 1.165) is 18.7 Å². The smallest absolute Gasteiger partial charge is 0.188 e. The highest BCUT2D eigenvalue weighted by Crippen LogP contribution is 2.10. The van der Waals surface area contributed by atoms with Crippen molar-refractivity contribution in [2.24, 2.45) is 16.6 Å². The number of hydrogen-bond donors (Lipinski definition) is 2. The Morgan fingerprint density at radius 1 is 1.37 bits per heavy atom. The van der Waals surface area contributed by atoms with Gasteiger partial charge >= 0.3 is 0 Å². The van der Waals surface area contributed by atoms with Crippen LogP contribution in [0.5, 0.6) is 0 Å². The number of nitrogens with zero attached hydrogens (tertiary/aromatic N) is 2. The molecule has 0 amide bonds. The lowest BCUT2D eigenvalue weighted by Gasteiger charge is -2.28. The van der Waals surface area contributed by atoms with Crippen molar-refractivity contribution >= 4 is 29.9 Å². The van der Waals surface area contributed by atoms with Gasteiger partial charge in [-0.15, -0.1) is 24.0 Å². The van der Waals surface area contributed by atoms with Crippen LogP contribution in [0.1, 0.15) is 33.1 Å². The third-order valence-corrected chi connectivity index (χ3v) is 3.16. The van der Waals surface area contributed by atoms with E-state index < -0.39 is 0 Å². The lowest BCUT2D eigenvalue weighted by atomic mass is 10.1. The van der Waals surface area contributed by atoms with Crippen molar-refractivity contribution in [2.45, 2.75) is 33.1 Å². The third kappa shape index (κ3) is 9.27. The Morgan fingerprint density at radius 2 is 2.00 bits per heavy atom. The Balaban J connectivity index is 0.00000324. The van der Waals surface area contributed by atoms with E-state index in [4.69, 9.17) is 5.73 Å². The van der Waals surface area contributed by atoms with Gasteiger partial charge in [0.1, 0.15) is 0 Å². The molecule has 1 heterocycles. The monoisotopic (exact) mass is 380 g/mol. The van der Waals surface area contributed by atoms with Gasteiger partial charge in [0.2, 0.25) is 0 Å². The fraction of sp³-hybridized carbons (Fsp3) is 0.786. The number of likely N-dealkylation sites (tertiary alicyclic amines) is 1. The Hall–Kier alpha value is -0.300. The molecule has 1 unspecified atom stereocenters. The van der Waals surface area contributed by atoms with Crippen molar-refractivity contribution in [3.05, 3.63) is 12.2 Å². The quantitative estimate of drug-likeness (QED) is 0.322. The largest absolute Gasteiger partial charge is 0.370 e. The molecule has 112 valence electrons. The molecule has 1 rings (SSSR count). The molecule has 4 nitrogen and oxygen atoms in total. The van der Waals surface area contributed by atoms with Crippen LogP contribution in [0.25, 0.3) is 0 Å². The second-order valence-electron chi connectivity index (χ2n) is 5.50. The van der Waals surface area contributed by atoms with Gasteiger partial charge in [0.15, 0.2) is 5.96 Å². The van der Waals surface area contributed by atoms with Crippen molar-refractivity contribution < 1.29 is 0 Å². The standard InChI is InChI=1S/C14H28N4.HI/c1-12(2)9-16-14(15)17-10-13(3)11-18-7-5-4-6-8-18;/h13H,1,4-11H2,2-3H3,(H3,15,16,17);1H. The third-order valence-electron chi connectivity index (χ3n) is 3.16. The second-order valence-corrected chi connectivity index (χ2v) is 5.50. The molecule has 0 radical (unpaired) electrons. The van der Waals surface area contributed by atoms with E-state index in [-0.39, 0.29) is 24.0 Å². The van der Waals surface area contributed by atoms with Crippen LogP contribution < -0.4 is 11.1 Å². The van der Waals surface area contributed by atoms with Crippen molar-refractivity contribution in [2.75, 3.05) is 32.7 Å². The summed E-state index contributed by atoms with van der Waals surface area (Å²) >= 11 is 0. The van der Waals surface area contributed by atoms with E-state index in [1.165, 1.54) is 32.4 Å². The van der Waals surface area contributed by atoms with Gasteiger partial charge in [-0.25, -0.2) is 0 Å². The summed E-state index contributed by atoms with van der Waals surface area (Å²) < 4.78 is 0. The molecular weight excluding hydrogens is 351 g/mol. The average Bonchev–Trinajstić information content (AvgIpc) is 2.35. The Labute approximate surface area is 134 Å². The molecule has 3 N–H and O–H groups in total. The fourth-order valence-corrected chi connectivity index (χ4v) is 2.19. The minimum atomic E-state index is 0. The Bertz CT molecular complexity index is 285. The normalized spacial score (nSPS) is 18.5. The minimum absolute atomic E-state index is 0. The van der Waals surface area contributed by atoms with Gasteiger partial charge in [-0.3, -0.25) is 4.99 Å². The highest BCUT2D eigenvalue weighted by molar-refractivity contribution is 14.0. The molecule has 0 spiro atoms. The lowest BCUT2D eigenvalue weighted by molar-refractivity contribution is 0.203. The van der Waals surface area contributed by atoms with Crippen molar-refractivity contribution in [3.63, 3.8) is 0 Å². The first-order chi connectivity index (χ1) is 8.58. The van der Waals surface area contributed by atoms with Crippen LogP contribution in [0.2, 0.25) is 0 Å². The van der Waals surface area contributed by atoms with Crippen molar-refractivity contribution in [3.8, 4) is 0 Å².